The molecule has 0 bridgehead atoms. The average Bonchev–Trinajstić information content (AvgIpc) is 3.09. The van der Waals surface area contributed by atoms with Gasteiger partial charge < -0.3 is 19.8 Å². The Morgan fingerprint density at radius 1 is 1.25 bits per heavy atom. The molecule has 0 aliphatic carbocycles. The summed E-state index contributed by atoms with van der Waals surface area (Å²) in [5, 5.41) is 2.68. The SMILES string of the molecule is COC(=O)c1cc(C=CCCNC(=O)OCc2ccccc2)c[nH]1. The fourth-order valence-electron chi connectivity index (χ4n) is 1.99. The molecule has 0 saturated carbocycles. The quantitative estimate of drug-likeness (QED) is 0.604. The summed E-state index contributed by atoms with van der Waals surface area (Å²) in [4.78, 5) is 25.7. The molecule has 6 heteroatoms. The number of methoxy groups -OCH3 is 1. The molecule has 1 aromatic carbocycles. The van der Waals surface area contributed by atoms with Gasteiger partial charge in [-0.1, -0.05) is 42.5 Å². The number of rotatable bonds is 7. The second-order valence-corrected chi connectivity index (χ2v) is 5.02. The first-order chi connectivity index (χ1) is 11.7. The van der Waals surface area contributed by atoms with Crippen LogP contribution in [0.5, 0.6) is 0 Å². The number of aromatic amines is 1. The molecule has 0 fully saturated rings. The molecular weight excluding hydrogens is 308 g/mol. The number of carbonyl (C=O) groups excluding carboxylic acids is 2. The fourth-order valence-corrected chi connectivity index (χ4v) is 1.99. The van der Waals surface area contributed by atoms with Crippen LogP contribution in [0.15, 0.2) is 48.7 Å². The summed E-state index contributed by atoms with van der Waals surface area (Å²) < 4.78 is 9.72. The maximum absolute atomic E-state index is 11.5. The van der Waals surface area contributed by atoms with Crippen molar-refractivity contribution in [3.8, 4) is 0 Å². The molecule has 1 amide bonds. The van der Waals surface area contributed by atoms with Crippen LogP contribution in [-0.2, 0) is 16.1 Å². The van der Waals surface area contributed by atoms with Gasteiger partial charge in [-0.25, -0.2) is 9.59 Å². The van der Waals surface area contributed by atoms with Crippen LogP contribution >= 0.6 is 0 Å². The number of esters is 1. The van der Waals surface area contributed by atoms with E-state index in [1.165, 1.54) is 7.11 Å². The zero-order valence-electron chi connectivity index (χ0n) is 13.5. The molecule has 0 atom stereocenters. The Morgan fingerprint density at radius 3 is 2.79 bits per heavy atom. The lowest BCUT2D eigenvalue weighted by Gasteiger charge is -2.05. The minimum atomic E-state index is -0.443. The van der Waals surface area contributed by atoms with Crippen molar-refractivity contribution >= 4 is 18.1 Å². The summed E-state index contributed by atoms with van der Waals surface area (Å²) in [6.07, 6.45) is 5.69. The van der Waals surface area contributed by atoms with E-state index in [0.29, 0.717) is 18.7 Å². The average molecular weight is 328 g/mol. The van der Waals surface area contributed by atoms with Crippen molar-refractivity contribution in [1.29, 1.82) is 0 Å². The molecule has 0 aliphatic heterocycles. The van der Waals surface area contributed by atoms with Gasteiger partial charge in [0.05, 0.1) is 7.11 Å². The maximum atomic E-state index is 11.5. The molecule has 2 rings (SSSR count). The van der Waals surface area contributed by atoms with Gasteiger partial charge in [0.1, 0.15) is 12.3 Å². The van der Waals surface area contributed by atoms with Gasteiger partial charge in [0.15, 0.2) is 0 Å². The molecule has 2 N–H and O–H groups in total. The number of aromatic nitrogens is 1. The molecule has 126 valence electrons. The summed E-state index contributed by atoms with van der Waals surface area (Å²) in [6.45, 7) is 0.723. The predicted octanol–water partition coefficient (Wildman–Crippen LogP) is 3.13. The predicted molar refractivity (Wildman–Crippen MR) is 90.4 cm³/mol. The monoisotopic (exact) mass is 328 g/mol. The molecule has 0 unspecified atom stereocenters. The first-order valence-electron chi connectivity index (χ1n) is 7.57. The van der Waals surface area contributed by atoms with Gasteiger partial charge in [-0.15, -0.1) is 0 Å². The molecule has 6 nitrogen and oxygen atoms in total. The summed E-state index contributed by atoms with van der Waals surface area (Å²) in [5.74, 6) is -0.405. The van der Waals surface area contributed by atoms with Gasteiger partial charge in [0.25, 0.3) is 0 Å². The van der Waals surface area contributed by atoms with E-state index >= 15 is 0 Å². The number of carbonyl (C=O) groups is 2. The molecule has 2 aromatic rings. The van der Waals surface area contributed by atoms with Gasteiger partial charge in [0.2, 0.25) is 0 Å². The van der Waals surface area contributed by atoms with Crippen LogP contribution in [0.4, 0.5) is 4.79 Å². The Morgan fingerprint density at radius 2 is 2.04 bits per heavy atom. The number of hydrogen-bond donors (Lipinski definition) is 2. The lowest BCUT2D eigenvalue weighted by atomic mass is 10.2. The Hall–Kier alpha value is -3.02. The molecular formula is C18H20N2O4. The van der Waals surface area contributed by atoms with E-state index in [9.17, 15) is 9.59 Å². The first-order valence-corrected chi connectivity index (χ1v) is 7.57. The third-order valence-corrected chi connectivity index (χ3v) is 3.21. The van der Waals surface area contributed by atoms with Crippen molar-refractivity contribution < 1.29 is 19.1 Å². The maximum Gasteiger partial charge on any atom is 0.407 e. The molecule has 0 saturated heterocycles. The lowest BCUT2D eigenvalue weighted by molar-refractivity contribution is 0.0594. The number of nitrogens with one attached hydrogen (secondary N) is 2. The molecule has 24 heavy (non-hydrogen) atoms. The molecule has 0 radical (unpaired) electrons. The van der Waals surface area contributed by atoms with Crippen LogP contribution in [0, 0.1) is 0 Å². The summed E-state index contributed by atoms with van der Waals surface area (Å²) in [5.41, 5.74) is 2.21. The van der Waals surface area contributed by atoms with Crippen molar-refractivity contribution in [3.63, 3.8) is 0 Å². The first kappa shape index (κ1) is 17.3. The van der Waals surface area contributed by atoms with Crippen LogP contribution in [-0.4, -0.2) is 30.7 Å². The second-order valence-electron chi connectivity index (χ2n) is 5.02. The minimum absolute atomic E-state index is 0.252. The molecule has 0 spiro atoms. The van der Waals surface area contributed by atoms with Crippen molar-refractivity contribution in [1.82, 2.24) is 10.3 Å². The van der Waals surface area contributed by atoms with E-state index in [-0.39, 0.29) is 6.61 Å². The van der Waals surface area contributed by atoms with E-state index in [2.05, 4.69) is 15.0 Å². The Bertz CT molecular complexity index is 692. The number of ether oxygens (including phenoxy) is 2. The van der Waals surface area contributed by atoms with E-state index < -0.39 is 12.1 Å². The van der Waals surface area contributed by atoms with Gasteiger partial charge in [-0.3, -0.25) is 0 Å². The Balaban J connectivity index is 1.64. The van der Waals surface area contributed by atoms with E-state index in [1.807, 2.05) is 42.5 Å². The fraction of sp³-hybridized carbons (Fsp3) is 0.222. The third-order valence-electron chi connectivity index (χ3n) is 3.21. The van der Waals surface area contributed by atoms with Crippen molar-refractivity contribution in [2.24, 2.45) is 0 Å². The van der Waals surface area contributed by atoms with Crippen molar-refractivity contribution in [2.45, 2.75) is 13.0 Å². The largest absolute Gasteiger partial charge is 0.464 e. The zero-order chi connectivity index (χ0) is 17.2. The lowest BCUT2D eigenvalue weighted by Crippen LogP contribution is -2.24. The smallest absolute Gasteiger partial charge is 0.407 e. The van der Waals surface area contributed by atoms with E-state index in [1.54, 1.807) is 12.3 Å². The van der Waals surface area contributed by atoms with Crippen LogP contribution in [0.25, 0.3) is 6.08 Å². The van der Waals surface area contributed by atoms with Crippen molar-refractivity contribution in [2.75, 3.05) is 13.7 Å². The van der Waals surface area contributed by atoms with E-state index in [0.717, 1.165) is 11.1 Å². The minimum Gasteiger partial charge on any atom is -0.464 e. The highest BCUT2D eigenvalue weighted by Gasteiger charge is 2.06. The standard InChI is InChI=1S/C18H20N2O4/c1-23-17(21)16-11-15(12-20-16)9-5-6-10-19-18(22)24-13-14-7-3-2-4-8-14/h2-5,7-9,11-12,20H,6,10,13H2,1H3,(H,19,22). The zero-order valence-corrected chi connectivity index (χ0v) is 13.5. The van der Waals surface area contributed by atoms with E-state index in [4.69, 9.17) is 4.74 Å². The number of amides is 1. The normalized spacial score (nSPS) is 10.5. The molecule has 0 aliphatic rings. The Labute approximate surface area is 140 Å². The van der Waals surface area contributed by atoms with Crippen LogP contribution in [0.2, 0.25) is 0 Å². The van der Waals surface area contributed by atoms with Gasteiger partial charge in [0, 0.05) is 12.7 Å². The number of H-pyrrole nitrogens is 1. The highest BCUT2D eigenvalue weighted by Crippen LogP contribution is 2.07. The van der Waals surface area contributed by atoms with Crippen LogP contribution < -0.4 is 5.32 Å². The van der Waals surface area contributed by atoms with Gasteiger partial charge in [-0.2, -0.15) is 0 Å². The van der Waals surface area contributed by atoms with Gasteiger partial charge in [-0.05, 0) is 23.6 Å². The van der Waals surface area contributed by atoms with Crippen LogP contribution in [0.1, 0.15) is 28.0 Å². The number of alkyl carbamates (subject to hydrolysis) is 1. The van der Waals surface area contributed by atoms with Gasteiger partial charge >= 0.3 is 12.1 Å². The Kier molecular flexibility index (Phi) is 6.64. The topological polar surface area (TPSA) is 80.4 Å². The highest BCUT2D eigenvalue weighted by molar-refractivity contribution is 5.88. The summed E-state index contributed by atoms with van der Waals surface area (Å²) >= 11 is 0. The second kappa shape index (κ2) is 9.19. The highest BCUT2D eigenvalue weighted by atomic mass is 16.5. The van der Waals surface area contributed by atoms with Crippen molar-refractivity contribution in [3.05, 3.63) is 65.5 Å². The number of benzene rings is 1. The van der Waals surface area contributed by atoms with Crippen LogP contribution in [0.3, 0.4) is 0 Å². The summed E-state index contributed by atoms with van der Waals surface area (Å²) in [6, 6.07) is 11.2. The molecule has 1 aromatic heterocycles. The molecule has 1 heterocycles. The number of hydrogen-bond acceptors (Lipinski definition) is 4. The summed E-state index contributed by atoms with van der Waals surface area (Å²) in [7, 11) is 1.33. The third kappa shape index (κ3) is 5.64.